The Bertz CT molecular complexity index is 574. The first-order valence-corrected chi connectivity index (χ1v) is 19.4. The van der Waals surface area contributed by atoms with E-state index in [1.54, 1.807) is 13.8 Å². The molecule has 0 aliphatic rings. The molecule has 256 valence electrons. The quantitative estimate of drug-likeness (QED) is 0.0566. The summed E-state index contributed by atoms with van der Waals surface area (Å²) in [4.78, 5) is 0. The number of ether oxygens (including phenoxy) is 1. The van der Waals surface area contributed by atoms with Crippen molar-refractivity contribution in [1.29, 1.82) is 0 Å². The van der Waals surface area contributed by atoms with Gasteiger partial charge in [-0.1, -0.05) is 181 Å². The summed E-state index contributed by atoms with van der Waals surface area (Å²) >= 11 is 0. The SMILES string of the molecule is CCCCCCCCCCCCCCCC/C(COC/C(CCCCCCCCCCCCCCCC)=C(\C)O)=C(\C)O. The van der Waals surface area contributed by atoms with Gasteiger partial charge in [0.2, 0.25) is 0 Å². The summed E-state index contributed by atoms with van der Waals surface area (Å²) in [7, 11) is 0. The van der Waals surface area contributed by atoms with Crippen LogP contribution in [-0.2, 0) is 4.74 Å². The lowest BCUT2D eigenvalue weighted by atomic mass is 10.0. The second kappa shape index (κ2) is 33.9. The van der Waals surface area contributed by atoms with Gasteiger partial charge in [-0.25, -0.2) is 0 Å². The molecule has 0 aliphatic carbocycles. The number of rotatable bonds is 34. The third-order valence-electron chi connectivity index (χ3n) is 9.24. The fourth-order valence-corrected chi connectivity index (χ4v) is 6.08. The lowest BCUT2D eigenvalue weighted by molar-refractivity contribution is 0.166. The predicted molar refractivity (Wildman–Crippen MR) is 191 cm³/mol. The molecule has 0 spiro atoms. The average Bonchev–Trinajstić information content (AvgIpc) is 2.99. The van der Waals surface area contributed by atoms with E-state index in [9.17, 15) is 10.2 Å². The van der Waals surface area contributed by atoms with Crippen LogP contribution >= 0.6 is 0 Å². The standard InChI is InChI=1S/C40H78O3/c1-5-7-9-11-13-15-17-19-21-23-25-27-29-31-33-39(37(3)41)35-43-36-40(38(4)42)34-32-30-28-26-24-22-20-18-16-14-12-10-8-6-2/h41-42H,5-36H2,1-4H3/b39-37-,40-38+. The van der Waals surface area contributed by atoms with Gasteiger partial charge in [-0.15, -0.1) is 0 Å². The maximum atomic E-state index is 10.2. The van der Waals surface area contributed by atoms with Crippen molar-refractivity contribution in [1.82, 2.24) is 0 Å². The largest absolute Gasteiger partial charge is 0.513 e. The fraction of sp³-hybridized carbons (Fsp3) is 0.900. The van der Waals surface area contributed by atoms with Crippen LogP contribution in [0.15, 0.2) is 22.7 Å². The number of unbranched alkanes of at least 4 members (excludes halogenated alkanes) is 26. The van der Waals surface area contributed by atoms with Crippen molar-refractivity contribution in [3.8, 4) is 0 Å². The highest BCUT2D eigenvalue weighted by molar-refractivity contribution is 5.08. The van der Waals surface area contributed by atoms with E-state index < -0.39 is 0 Å². The van der Waals surface area contributed by atoms with E-state index in [4.69, 9.17) is 4.74 Å². The van der Waals surface area contributed by atoms with Crippen molar-refractivity contribution in [3.05, 3.63) is 22.7 Å². The molecule has 0 fully saturated rings. The molecule has 0 bridgehead atoms. The van der Waals surface area contributed by atoms with Crippen LogP contribution < -0.4 is 0 Å². The Hall–Kier alpha value is -0.960. The number of hydrogen-bond acceptors (Lipinski definition) is 3. The lowest BCUT2D eigenvalue weighted by Crippen LogP contribution is -2.06. The third-order valence-corrected chi connectivity index (χ3v) is 9.24. The number of allylic oxidation sites excluding steroid dienone is 2. The summed E-state index contributed by atoms with van der Waals surface area (Å²) in [6.45, 7) is 9.07. The summed E-state index contributed by atoms with van der Waals surface area (Å²) < 4.78 is 5.98. The first-order valence-electron chi connectivity index (χ1n) is 19.4. The van der Waals surface area contributed by atoms with Gasteiger partial charge < -0.3 is 14.9 Å². The van der Waals surface area contributed by atoms with Gasteiger partial charge >= 0.3 is 0 Å². The highest BCUT2D eigenvalue weighted by atomic mass is 16.5. The minimum atomic E-state index is 0.410. The average molecular weight is 607 g/mol. The molecular formula is C40H78O3. The van der Waals surface area contributed by atoms with Crippen LogP contribution in [0.2, 0.25) is 0 Å². The van der Waals surface area contributed by atoms with Crippen molar-refractivity contribution >= 4 is 0 Å². The second-order valence-corrected chi connectivity index (χ2v) is 13.6. The minimum absolute atomic E-state index is 0.410. The van der Waals surface area contributed by atoms with Gasteiger partial charge in [0.05, 0.1) is 24.7 Å². The maximum Gasteiger partial charge on any atom is 0.0906 e. The highest BCUT2D eigenvalue weighted by Crippen LogP contribution is 2.19. The molecule has 0 rings (SSSR count). The first-order chi connectivity index (χ1) is 21.0. The van der Waals surface area contributed by atoms with Crippen molar-refractivity contribution in [2.24, 2.45) is 0 Å². The number of aliphatic hydroxyl groups is 2. The number of hydrogen-bond donors (Lipinski definition) is 2. The normalized spacial score (nSPS) is 12.9. The van der Waals surface area contributed by atoms with Gasteiger partial charge in [-0.3, -0.25) is 0 Å². The van der Waals surface area contributed by atoms with Crippen molar-refractivity contribution in [2.75, 3.05) is 13.2 Å². The van der Waals surface area contributed by atoms with Crippen molar-refractivity contribution < 1.29 is 14.9 Å². The van der Waals surface area contributed by atoms with Crippen LogP contribution in [0, 0.1) is 0 Å². The number of aliphatic hydroxyl groups excluding tert-OH is 2. The third kappa shape index (κ3) is 30.8. The molecule has 0 saturated heterocycles. The van der Waals surface area contributed by atoms with Gasteiger partial charge in [-0.2, -0.15) is 0 Å². The zero-order chi connectivity index (χ0) is 31.6. The Kier molecular flexibility index (Phi) is 33.2. The van der Waals surface area contributed by atoms with Gasteiger partial charge in [-0.05, 0) is 50.7 Å². The Balaban J connectivity index is 3.77. The van der Waals surface area contributed by atoms with E-state index in [1.165, 1.54) is 167 Å². The molecule has 0 saturated carbocycles. The molecule has 0 amide bonds. The smallest absolute Gasteiger partial charge is 0.0906 e. The molecule has 0 aromatic heterocycles. The Morgan fingerprint density at radius 3 is 0.767 bits per heavy atom. The molecule has 0 aliphatic heterocycles. The zero-order valence-electron chi connectivity index (χ0n) is 29.9. The van der Waals surface area contributed by atoms with Gasteiger partial charge in [0.25, 0.3) is 0 Å². The molecule has 0 aromatic rings. The summed E-state index contributed by atoms with van der Waals surface area (Å²) in [5.74, 6) is 0.820. The van der Waals surface area contributed by atoms with E-state index >= 15 is 0 Å². The molecule has 0 atom stereocenters. The molecular weight excluding hydrogens is 528 g/mol. The highest BCUT2D eigenvalue weighted by Gasteiger charge is 2.07. The Labute approximate surface area is 270 Å². The minimum Gasteiger partial charge on any atom is -0.513 e. The molecule has 0 radical (unpaired) electrons. The van der Waals surface area contributed by atoms with E-state index in [2.05, 4.69) is 13.8 Å². The van der Waals surface area contributed by atoms with Crippen LogP contribution in [0.4, 0.5) is 0 Å². The van der Waals surface area contributed by atoms with Gasteiger partial charge in [0.1, 0.15) is 0 Å². The van der Waals surface area contributed by atoms with Crippen LogP contribution in [-0.4, -0.2) is 23.4 Å². The van der Waals surface area contributed by atoms with Gasteiger partial charge in [0, 0.05) is 0 Å². The summed E-state index contributed by atoms with van der Waals surface area (Å²) in [6.07, 6.45) is 39.9. The van der Waals surface area contributed by atoms with Crippen LogP contribution in [0.25, 0.3) is 0 Å². The van der Waals surface area contributed by atoms with E-state index in [-0.39, 0.29) is 0 Å². The van der Waals surface area contributed by atoms with Crippen LogP contribution in [0.5, 0.6) is 0 Å². The monoisotopic (exact) mass is 607 g/mol. The molecule has 0 unspecified atom stereocenters. The summed E-state index contributed by atoms with van der Waals surface area (Å²) in [5.41, 5.74) is 2.04. The lowest BCUT2D eigenvalue weighted by Gasteiger charge is -2.13. The Morgan fingerprint density at radius 1 is 0.349 bits per heavy atom. The summed E-state index contributed by atoms with van der Waals surface area (Å²) in [6, 6.07) is 0. The second-order valence-electron chi connectivity index (χ2n) is 13.6. The van der Waals surface area contributed by atoms with Crippen LogP contribution in [0.1, 0.15) is 220 Å². The molecule has 43 heavy (non-hydrogen) atoms. The molecule has 2 N–H and O–H groups in total. The maximum absolute atomic E-state index is 10.2. The van der Waals surface area contributed by atoms with Crippen molar-refractivity contribution in [3.63, 3.8) is 0 Å². The first kappa shape index (κ1) is 42.0. The van der Waals surface area contributed by atoms with E-state index in [0.717, 1.165) is 36.8 Å². The van der Waals surface area contributed by atoms with Crippen molar-refractivity contribution in [2.45, 2.75) is 220 Å². The molecule has 3 heteroatoms. The molecule has 3 nitrogen and oxygen atoms in total. The fourth-order valence-electron chi connectivity index (χ4n) is 6.08. The molecule has 0 heterocycles. The van der Waals surface area contributed by atoms with Crippen LogP contribution in [0.3, 0.4) is 0 Å². The van der Waals surface area contributed by atoms with Gasteiger partial charge in [0.15, 0.2) is 0 Å². The topological polar surface area (TPSA) is 49.7 Å². The predicted octanol–water partition coefficient (Wildman–Crippen LogP) is 14.4. The van der Waals surface area contributed by atoms with E-state index in [1.807, 2.05) is 0 Å². The zero-order valence-corrected chi connectivity index (χ0v) is 29.9. The molecule has 0 aromatic carbocycles. The van der Waals surface area contributed by atoms with E-state index in [0.29, 0.717) is 24.7 Å². The summed E-state index contributed by atoms with van der Waals surface area (Å²) in [5, 5.41) is 20.3. The Morgan fingerprint density at radius 2 is 0.558 bits per heavy atom.